The smallest absolute Gasteiger partial charge is 0.254 e. The number of aliphatic imine (C=N–C) groups is 1. The Morgan fingerprint density at radius 2 is 2.07 bits per heavy atom. The van der Waals surface area contributed by atoms with Crippen LogP contribution < -0.4 is 16.0 Å². The second-order valence-electron chi connectivity index (χ2n) is 6.46. The number of amides is 2. The summed E-state index contributed by atoms with van der Waals surface area (Å²) < 4.78 is 5.31. The highest BCUT2D eigenvalue weighted by atomic mass is 16.3. The molecule has 148 valence electrons. The Kier molecular flexibility index (Phi) is 6.67. The van der Waals surface area contributed by atoms with Crippen molar-refractivity contribution in [1.82, 2.24) is 20.9 Å². The topological polar surface area (TPSA) is 99.0 Å². The van der Waals surface area contributed by atoms with E-state index in [9.17, 15) is 9.59 Å². The fraction of sp³-hybridized carbons (Fsp3) is 0.350. The standard InChI is InChI=1S/C20H25N5O3/c1-21-20(23-9-8-17-3-2-12-28-17)24-13-15-4-6-16(7-5-15)19(27)25-11-10-22-18(26)14-25/h2-7,12H,8-11,13-14H2,1H3,(H,22,26)(H2,21,23,24). The third-order valence-electron chi connectivity index (χ3n) is 4.45. The van der Waals surface area contributed by atoms with Crippen LogP contribution in [0.3, 0.4) is 0 Å². The summed E-state index contributed by atoms with van der Waals surface area (Å²) in [7, 11) is 1.72. The summed E-state index contributed by atoms with van der Waals surface area (Å²) in [6.45, 7) is 2.44. The first-order valence-electron chi connectivity index (χ1n) is 9.27. The Labute approximate surface area is 164 Å². The van der Waals surface area contributed by atoms with Crippen molar-refractivity contribution in [3.63, 3.8) is 0 Å². The first-order chi connectivity index (χ1) is 13.7. The molecule has 0 spiro atoms. The average molecular weight is 383 g/mol. The van der Waals surface area contributed by atoms with Crippen LogP contribution in [0.25, 0.3) is 0 Å². The van der Waals surface area contributed by atoms with Crippen LogP contribution in [0.15, 0.2) is 52.1 Å². The van der Waals surface area contributed by atoms with Crippen LogP contribution in [0.2, 0.25) is 0 Å². The van der Waals surface area contributed by atoms with Crippen molar-refractivity contribution in [3.8, 4) is 0 Å². The zero-order valence-electron chi connectivity index (χ0n) is 15.9. The summed E-state index contributed by atoms with van der Waals surface area (Å²) >= 11 is 0. The normalized spacial score (nSPS) is 14.5. The molecule has 2 amide bonds. The van der Waals surface area contributed by atoms with Gasteiger partial charge in [-0.15, -0.1) is 0 Å². The number of guanidine groups is 1. The minimum Gasteiger partial charge on any atom is -0.469 e. The number of hydrogen-bond acceptors (Lipinski definition) is 4. The number of furan rings is 1. The van der Waals surface area contributed by atoms with Crippen molar-refractivity contribution in [2.24, 2.45) is 4.99 Å². The van der Waals surface area contributed by atoms with Gasteiger partial charge in [-0.2, -0.15) is 0 Å². The number of carbonyl (C=O) groups is 2. The zero-order valence-corrected chi connectivity index (χ0v) is 15.9. The van der Waals surface area contributed by atoms with Gasteiger partial charge in [-0.25, -0.2) is 0 Å². The molecule has 1 aliphatic heterocycles. The van der Waals surface area contributed by atoms with Gasteiger partial charge in [0, 0.05) is 45.2 Å². The Hall–Kier alpha value is -3.29. The van der Waals surface area contributed by atoms with Crippen molar-refractivity contribution in [3.05, 3.63) is 59.5 Å². The van der Waals surface area contributed by atoms with Crippen molar-refractivity contribution in [1.29, 1.82) is 0 Å². The molecule has 8 nitrogen and oxygen atoms in total. The van der Waals surface area contributed by atoms with Gasteiger partial charge in [0.1, 0.15) is 5.76 Å². The highest BCUT2D eigenvalue weighted by Crippen LogP contribution is 2.09. The van der Waals surface area contributed by atoms with Gasteiger partial charge in [-0.3, -0.25) is 14.6 Å². The van der Waals surface area contributed by atoms with E-state index in [1.807, 2.05) is 24.3 Å². The van der Waals surface area contributed by atoms with Gasteiger partial charge in [-0.1, -0.05) is 12.1 Å². The molecule has 2 aromatic rings. The Morgan fingerprint density at radius 1 is 1.25 bits per heavy atom. The molecule has 0 aliphatic carbocycles. The number of nitrogens with one attached hydrogen (secondary N) is 3. The highest BCUT2D eigenvalue weighted by molar-refractivity contribution is 5.97. The van der Waals surface area contributed by atoms with E-state index < -0.39 is 0 Å². The first kappa shape index (κ1) is 19.5. The minimum absolute atomic E-state index is 0.113. The quantitative estimate of drug-likeness (QED) is 0.505. The number of nitrogens with zero attached hydrogens (tertiary/aromatic N) is 2. The van der Waals surface area contributed by atoms with E-state index in [0.29, 0.717) is 37.7 Å². The second-order valence-corrected chi connectivity index (χ2v) is 6.46. The predicted molar refractivity (Wildman–Crippen MR) is 106 cm³/mol. The molecule has 3 N–H and O–H groups in total. The number of piperazine rings is 1. The minimum atomic E-state index is -0.121. The summed E-state index contributed by atoms with van der Waals surface area (Å²) in [6, 6.07) is 11.2. The lowest BCUT2D eigenvalue weighted by molar-refractivity contribution is -0.123. The SMILES string of the molecule is CN=C(NCCc1ccco1)NCc1ccc(C(=O)N2CCNC(=O)C2)cc1. The maximum absolute atomic E-state index is 12.5. The molecule has 0 radical (unpaired) electrons. The molecule has 8 heteroatoms. The third kappa shape index (κ3) is 5.35. The molecule has 1 aromatic heterocycles. The van der Waals surface area contributed by atoms with Gasteiger partial charge in [0.25, 0.3) is 5.91 Å². The van der Waals surface area contributed by atoms with E-state index in [-0.39, 0.29) is 18.4 Å². The van der Waals surface area contributed by atoms with Crippen molar-refractivity contribution in [2.45, 2.75) is 13.0 Å². The Bertz CT molecular complexity index is 815. The van der Waals surface area contributed by atoms with Gasteiger partial charge in [-0.05, 0) is 29.8 Å². The Balaban J connectivity index is 1.46. The predicted octanol–water partition coefficient (Wildman–Crippen LogP) is 0.759. The molecule has 1 fully saturated rings. The summed E-state index contributed by atoms with van der Waals surface area (Å²) in [4.78, 5) is 29.7. The van der Waals surface area contributed by atoms with Gasteiger partial charge in [0.15, 0.2) is 5.96 Å². The Morgan fingerprint density at radius 3 is 2.75 bits per heavy atom. The maximum atomic E-state index is 12.5. The second kappa shape index (κ2) is 9.59. The first-order valence-corrected chi connectivity index (χ1v) is 9.27. The van der Waals surface area contributed by atoms with Gasteiger partial charge < -0.3 is 25.3 Å². The summed E-state index contributed by atoms with van der Waals surface area (Å²) in [5, 5.41) is 9.20. The van der Waals surface area contributed by atoms with Crippen LogP contribution in [0.5, 0.6) is 0 Å². The summed E-state index contributed by atoms with van der Waals surface area (Å²) in [5.74, 6) is 1.39. The molecule has 0 atom stereocenters. The van der Waals surface area contributed by atoms with Crippen LogP contribution in [0.4, 0.5) is 0 Å². The molecule has 1 saturated heterocycles. The van der Waals surface area contributed by atoms with Gasteiger partial charge in [0.2, 0.25) is 5.91 Å². The van der Waals surface area contributed by atoms with Crippen LogP contribution in [0.1, 0.15) is 21.7 Å². The van der Waals surface area contributed by atoms with E-state index in [1.165, 1.54) is 0 Å². The molecule has 0 saturated carbocycles. The monoisotopic (exact) mass is 383 g/mol. The molecule has 1 aliphatic rings. The summed E-state index contributed by atoms with van der Waals surface area (Å²) in [5.41, 5.74) is 1.61. The number of rotatable bonds is 6. The number of benzene rings is 1. The number of hydrogen-bond donors (Lipinski definition) is 3. The molecule has 0 unspecified atom stereocenters. The maximum Gasteiger partial charge on any atom is 0.254 e. The van der Waals surface area contributed by atoms with Crippen molar-refractivity contribution < 1.29 is 14.0 Å². The largest absolute Gasteiger partial charge is 0.469 e. The summed E-state index contributed by atoms with van der Waals surface area (Å²) in [6.07, 6.45) is 2.44. The van der Waals surface area contributed by atoms with Crippen LogP contribution >= 0.6 is 0 Å². The van der Waals surface area contributed by atoms with Gasteiger partial charge in [0.05, 0.1) is 12.8 Å². The van der Waals surface area contributed by atoms with Crippen molar-refractivity contribution >= 4 is 17.8 Å². The molecule has 28 heavy (non-hydrogen) atoms. The third-order valence-corrected chi connectivity index (χ3v) is 4.45. The molecular weight excluding hydrogens is 358 g/mol. The highest BCUT2D eigenvalue weighted by Gasteiger charge is 2.22. The lowest BCUT2D eigenvalue weighted by Crippen LogP contribution is -2.49. The van der Waals surface area contributed by atoms with E-state index in [0.717, 1.165) is 17.7 Å². The number of carbonyl (C=O) groups excluding carboxylic acids is 2. The lowest BCUT2D eigenvalue weighted by Gasteiger charge is -2.26. The molecule has 1 aromatic carbocycles. The van der Waals surface area contributed by atoms with Crippen LogP contribution in [0, 0.1) is 0 Å². The van der Waals surface area contributed by atoms with Gasteiger partial charge >= 0.3 is 0 Å². The average Bonchev–Trinajstić information content (AvgIpc) is 3.24. The van der Waals surface area contributed by atoms with Crippen LogP contribution in [-0.4, -0.2) is 55.9 Å². The fourth-order valence-electron chi connectivity index (χ4n) is 2.93. The van der Waals surface area contributed by atoms with E-state index in [1.54, 1.807) is 30.3 Å². The fourth-order valence-corrected chi connectivity index (χ4v) is 2.93. The van der Waals surface area contributed by atoms with E-state index >= 15 is 0 Å². The lowest BCUT2D eigenvalue weighted by atomic mass is 10.1. The molecule has 0 bridgehead atoms. The van der Waals surface area contributed by atoms with E-state index in [2.05, 4.69) is 20.9 Å². The van der Waals surface area contributed by atoms with Crippen LogP contribution in [-0.2, 0) is 17.8 Å². The van der Waals surface area contributed by atoms with E-state index in [4.69, 9.17) is 4.42 Å². The van der Waals surface area contributed by atoms with Crippen molar-refractivity contribution in [2.75, 3.05) is 33.2 Å². The molecule has 2 heterocycles. The zero-order chi connectivity index (χ0) is 19.8. The molecular formula is C20H25N5O3. The molecule has 3 rings (SSSR count).